The zero-order valence-corrected chi connectivity index (χ0v) is 16.8. The van der Waals surface area contributed by atoms with E-state index >= 15 is 0 Å². The highest BCUT2D eigenvalue weighted by atomic mass is 16.5. The van der Waals surface area contributed by atoms with Gasteiger partial charge in [-0.2, -0.15) is 0 Å². The van der Waals surface area contributed by atoms with Crippen molar-refractivity contribution in [2.45, 2.75) is 46.6 Å². The van der Waals surface area contributed by atoms with E-state index in [4.69, 9.17) is 4.74 Å². The highest BCUT2D eigenvalue weighted by Crippen LogP contribution is 2.24. The van der Waals surface area contributed by atoms with Gasteiger partial charge >= 0.3 is 0 Å². The second-order valence-corrected chi connectivity index (χ2v) is 6.98. The monoisotopic (exact) mass is 368 g/mol. The molecule has 0 aliphatic heterocycles. The van der Waals surface area contributed by atoms with Crippen molar-refractivity contribution in [1.29, 1.82) is 0 Å². The lowest BCUT2D eigenvalue weighted by Crippen LogP contribution is -2.30. The number of anilines is 1. The summed E-state index contributed by atoms with van der Waals surface area (Å²) in [6.45, 7) is 9.85. The van der Waals surface area contributed by atoms with Crippen LogP contribution in [0.5, 0.6) is 5.75 Å². The second-order valence-electron chi connectivity index (χ2n) is 6.98. The molecule has 0 aliphatic carbocycles. The Bertz CT molecular complexity index is 843. The molecule has 0 saturated heterocycles. The maximum Gasteiger partial charge on any atom is 0.265 e. The van der Waals surface area contributed by atoms with Crippen LogP contribution in [0.15, 0.2) is 36.4 Å². The predicted octanol–water partition coefficient (Wildman–Crippen LogP) is 4.19. The fraction of sp³-hybridized carbons (Fsp3) is 0.364. The van der Waals surface area contributed by atoms with E-state index in [-0.39, 0.29) is 11.8 Å². The van der Waals surface area contributed by atoms with Gasteiger partial charge in [-0.3, -0.25) is 9.59 Å². The van der Waals surface area contributed by atoms with Crippen LogP contribution in [0.1, 0.15) is 53.7 Å². The van der Waals surface area contributed by atoms with Gasteiger partial charge in [-0.15, -0.1) is 0 Å². The molecule has 0 saturated carbocycles. The van der Waals surface area contributed by atoms with E-state index in [2.05, 4.69) is 24.5 Å². The van der Waals surface area contributed by atoms with Crippen LogP contribution in [0, 0.1) is 13.8 Å². The molecule has 0 aliphatic rings. The fourth-order valence-corrected chi connectivity index (χ4v) is 3.01. The van der Waals surface area contributed by atoms with Crippen molar-refractivity contribution in [1.82, 2.24) is 5.32 Å². The third-order valence-electron chi connectivity index (χ3n) is 4.61. The summed E-state index contributed by atoms with van der Waals surface area (Å²) < 4.78 is 5.81. The van der Waals surface area contributed by atoms with Crippen molar-refractivity contribution >= 4 is 17.5 Å². The molecule has 2 rings (SSSR count). The number of aryl methyl sites for hydroxylation is 1. The molecule has 1 unspecified atom stereocenters. The van der Waals surface area contributed by atoms with E-state index in [0.717, 1.165) is 11.1 Å². The summed E-state index contributed by atoms with van der Waals surface area (Å²) in [6.07, 6.45) is -0.669. The maximum absolute atomic E-state index is 12.5. The van der Waals surface area contributed by atoms with Crippen molar-refractivity contribution in [3.05, 3.63) is 58.7 Å². The summed E-state index contributed by atoms with van der Waals surface area (Å²) >= 11 is 0. The van der Waals surface area contributed by atoms with Crippen LogP contribution in [0.25, 0.3) is 0 Å². The van der Waals surface area contributed by atoms with Crippen molar-refractivity contribution in [2.75, 3.05) is 12.4 Å². The van der Waals surface area contributed by atoms with Crippen molar-refractivity contribution in [3.63, 3.8) is 0 Å². The van der Waals surface area contributed by atoms with Gasteiger partial charge in [0.25, 0.3) is 11.8 Å². The van der Waals surface area contributed by atoms with Crippen molar-refractivity contribution < 1.29 is 14.3 Å². The van der Waals surface area contributed by atoms with E-state index in [1.165, 1.54) is 5.56 Å². The van der Waals surface area contributed by atoms with E-state index < -0.39 is 6.10 Å². The molecule has 2 aromatic rings. The predicted molar refractivity (Wildman–Crippen MR) is 109 cm³/mol. The smallest absolute Gasteiger partial charge is 0.265 e. The Morgan fingerprint density at radius 2 is 1.74 bits per heavy atom. The Balaban J connectivity index is 2.10. The average molecular weight is 368 g/mol. The molecule has 2 aromatic carbocycles. The molecule has 5 heteroatoms. The second kappa shape index (κ2) is 8.71. The first kappa shape index (κ1) is 20.5. The van der Waals surface area contributed by atoms with Crippen LogP contribution in [0.4, 0.5) is 5.69 Å². The molecular formula is C22H28N2O3. The number of nitrogens with one attached hydrogen (secondary N) is 2. The molecule has 144 valence electrons. The summed E-state index contributed by atoms with van der Waals surface area (Å²) in [4.78, 5) is 24.4. The molecule has 0 bridgehead atoms. The number of benzene rings is 2. The van der Waals surface area contributed by atoms with Gasteiger partial charge < -0.3 is 15.4 Å². The Kier molecular flexibility index (Phi) is 6.61. The number of rotatable bonds is 6. The Morgan fingerprint density at radius 3 is 2.33 bits per heavy atom. The Morgan fingerprint density at radius 1 is 1.04 bits per heavy atom. The third-order valence-corrected chi connectivity index (χ3v) is 4.61. The molecule has 0 radical (unpaired) electrons. The van der Waals surface area contributed by atoms with Crippen LogP contribution < -0.4 is 15.4 Å². The normalized spacial score (nSPS) is 11.8. The number of carbonyl (C=O) groups is 2. The summed E-state index contributed by atoms with van der Waals surface area (Å²) in [5, 5.41) is 5.45. The summed E-state index contributed by atoms with van der Waals surface area (Å²) in [6, 6.07) is 11.1. The lowest BCUT2D eigenvalue weighted by atomic mass is 9.98. The fourth-order valence-electron chi connectivity index (χ4n) is 3.01. The summed E-state index contributed by atoms with van der Waals surface area (Å²) in [5.74, 6) is 0.650. The largest absolute Gasteiger partial charge is 0.481 e. The number of carbonyl (C=O) groups excluding carboxylic acids is 2. The topological polar surface area (TPSA) is 67.4 Å². The van der Waals surface area contributed by atoms with Crippen LogP contribution >= 0.6 is 0 Å². The summed E-state index contributed by atoms with van der Waals surface area (Å²) in [7, 11) is 1.58. The van der Waals surface area contributed by atoms with Crippen LogP contribution in [0.2, 0.25) is 0 Å². The first-order chi connectivity index (χ1) is 12.7. The quantitative estimate of drug-likeness (QED) is 0.803. The van der Waals surface area contributed by atoms with Crippen LogP contribution in [-0.4, -0.2) is 25.0 Å². The van der Waals surface area contributed by atoms with Gasteiger partial charge in [-0.25, -0.2) is 0 Å². The molecule has 5 nitrogen and oxygen atoms in total. The first-order valence-electron chi connectivity index (χ1n) is 9.14. The van der Waals surface area contributed by atoms with Gasteiger partial charge in [-0.05, 0) is 67.6 Å². The average Bonchev–Trinajstić information content (AvgIpc) is 2.62. The van der Waals surface area contributed by atoms with Gasteiger partial charge in [0.15, 0.2) is 6.10 Å². The van der Waals surface area contributed by atoms with Crippen molar-refractivity contribution in [3.8, 4) is 5.75 Å². The Hall–Kier alpha value is -2.82. The van der Waals surface area contributed by atoms with Gasteiger partial charge in [0.1, 0.15) is 5.75 Å². The molecule has 27 heavy (non-hydrogen) atoms. The highest BCUT2D eigenvalue weighted by molar-refractivity contribution is 6.00. The maximum atomic E-state index is 12.5. The molecule has 0 aromatic heterocycles. The Labute approximate surface area is 161 Å². The van der Waals surface area contributed by atoms with Gasteiger partial charge in [0, 0.05) is 18.3 Å². The molecule has 0 spiro atoms. The van der Waals surface area contributed by atoms with Crippen LogP contribution in [-0.2, 0) is 4.79 Å². The standard InChI is InChI=1S/C22H28N2O3/c1-13(2)18-11-10-17(12-14(18)3)27-16(5)21(25)24-20-9-7-8-19(15(20)4)22(26)23-6/h7-13,16H,1-6H3,(H,23,26)(H,24,25). The molecule has 0 fully saturated rings. The number of hydrogen-bond donors (Lipinski definition) is 2. The minimum atomic E-state index is -0.669. The lowest BCUT2D eigenvalue weighted by molar-refractivity contribution is -0.122. The number of hydrogen-bond acceptors (Lipinski definition) is 3. The van der Waals surface area contributed by atoms with Gasteiger partial charge in [0.2, 0.25) is 0 Å². The zero-order chi connectivity index (χ0) is 20.1. The van der Waals surface area contributed by atoms with Crippen LogP contribution in [0.3, 0.4) is 0 Å². The lowest BCUT2D eigenvalue weighted by Gasteiger charge is -2.18. The zero-order valence-electron chi connectivity index (χ0n) is 16.8. The van der Waals surface area contributed by atoms with E-state index in [9.17, 15) is 9.59 Å². The molecule has 2 N–H and O–H groups in total. The highest BCUT2D eigenvalue weighted by Gasteiger charge is 2.18. The molecule has 1 atom stereocenters. The minimum Gasteiger partial charge on any atom is -0.481 e. The van der Waals surface area contributed by atoms with Gasteiger partial charge in [-0.1, -0.05) is 26.0 Å². The summed E-state index contributed by atoms with van der Waals surface area (Å²) in [5.41, 5.74) is 4.26. The molecule has 2 amide bonds. The van der Waals surface area contributed by atoms with Crippen molar-refractivity contribution in [2.24, 2.45) is 0 Å². The minimum absolute atomic E-state index is 0.186. The van der Waals surface area contributed by atoms with E-state index in [1.807, 2.05) is 25.1 Å². The SMILES string of the molecule is CNC(=O)c1cccc(NC(=O)C(C)Oc2ccc(C(C)C)c(C)c2)c1C. The molecule has 0 heterocycles. The van der Waals surface area contributed by atoms with E-state index in [1.54, 1.807) is 39.1 Å². The number of ether oxygens (including phenoxy) is 1. The number of amides is 2. The first-order valence-corrected chi connectivity index (χ1v) is 9.14. The van der Waals surface area contributed by atoms with Gasteiger partial charge in [0.05, 0.1) is 0 Å². The third kappa shape index (κ3) is 4.88. The molecular weight excluding hydrogens is 340 g/mol. The van der Waals surface area contributed by atoms with E-state index in [0.29, 0.717) is 22.9 Å².